The normalized spacial score (nSPS) is 20.4. The highest BCUT2D eigenvalue weighted by atomic mass is 16.7. The number of hydrogen-bond acceptors (Lipinski definition) is 5. The number of aliphatic hydroxyl groups excluding tert-OH is 1. The Kier molecular flexibility index (Phi) is 8.27. The minimum Gasteiger partial charge on any atom is -0.392 e. The quantitative estimate of drug-likeness (QED) is 0.443. The maximum absolute atomic E-state index is 9.39. The Morgan fingerprint density at radius 3 is 2.38 bits per heavy atom. The lowest BCUT2D eigenvalue weighted by Gasteiger charge is -2.37. The lowest BCUT2D eigenvalue weighted by atomic mass is 9.97. The summed E-state index contributed by atoms with van der Waals surface area (Å²) in [4.78, 5) is 2.21. The van der Waals surface area contributed by atoms with E-state index in [1.807, 2.05) is 42.5 Å². The first-order valence-electron chi connectivity index (χ1n) is 11.8. The van der Waals surface area contributed by atoms with Crippen LogP contribution in [0.15, 0.2) is 85.5 Å². The van der Waals surface area contributed by atoms with Crippen LogP contribution in [0.2, 0.25) is 0 Å². The van der Waals surface area contributed by atoms with Crippen molar-refractivity contribution in [2.75, 3.05) is 20.1 Å². The standard InChI is InChI=1S/C29H34N2O3/c1-3-16-31(2)19-26-17-28(23-10-8-21(20-32)9-11-23)34-29(33-26)24-14-12-22(13-15-24)27-7-5-4-6-25(27)18-30/h3-15,26,28-29,32H,1,16-20,30H2,2H3. The second-order valence-electron chi connectivity index (χ2n) is 8.84. The number of nitrogens with zero attached hydrogens (tertiary/aromatic N) is 1. The zero-order valence-electron chi connectivity index (χ0n) is 19.8. The van der Waals surface area contributed by atoms with Crippen LogP contribution in [0.5, 0.6) is 0 Å². The number of rotatable bonds is 9. The van der Waals surface area contributed by atoms with E-state index < -0.39 is 6.29 Å². The molecule has 1 heterocycles. The minimum absolute atomic E-state index is 0.0175. The molecule has 4 rings (SSSR count). The molecule has 3 atom stereocenters. The molecule has 5 heteroatoms. The van der Waals surface area contributed by atoms with Gasteiger partial charge in [0.2, 0.25) is 0 Å². The van der Waals surface area contributed by atoms with E-state index in [2.05, 4.69) is 54.9 Å². The molecule has 34 heavy (non-hydrogen) atoms. The number of ether oxygens (including phenoxy) is 2. The summed E-state index contributed by atoms with van der Waals surface area (Å²) in [7, 11) is 2.07. The summed E-state index contributed by atoms with van der Waals surface area (Å²) in [6.07, 6.45) is 2.13. The second-order valence-corrected chi connectivity index (χ2v) is 8.84. The van der Waals surface area contributed by atoms with Crippen molar-refractivity contribution in [3.8, 4) is 11.1 Å². The van der Waals surface area contributed by atoms with Crippen LogP contribution in [0, 0.1) is 0 Å². The fourth-order valence-electron chi connectivity index (χ4n) is 4.48. The molecule has 1 saturated heterocycles. The highest BCUT2D eigenvalue weighted by Gasteiger charge is 2.32. The molecule has 178 valence electrons. The van der Waals surface area contributed by atoms with E-state index in [0.29, 0.717) is 6.54 Å². The van der Waals surface area contributed by atoms with E-state index in [-0.39, 0.29) is 18.8 Å². The lowest BCUT2D eigenvalue weighted by Crippen LogP contribution is -2.37. The van der Waals surface area contributed by atoms with Crippen LogP contribution >= 0.6 is 0 Å². The highest BCUT2D eigenvalue weighted by molar-refractivity contribution is 5.67. The first kappa shape index (κ1) is 24.3. The van der Waals surface area contributed by atoms with E-state index in [9.17, 15) is 5.11 Å². The van der Waals surface area contributed by atoms with Gasteiger partial charge in [0, 0.05) is 31.6 Å². The van der Waals surface area contributed by atoms with Crippen LogP contribution in [-0.2, 0) is 22.6 Å². The van der Waals surface area contributed by atoms with Crippen LogP contribution in [-0.4, -0.2) is 36.2 Å². The van der Waals surface area contributed by atoms with E-state index >= 15 is 0 Å². The third kappa shape index (κ3) is 5.81. The monoisotopic (exact) mass is 458 g/mol. The lowest BCUT2D eigenvalue weighted by molar-refractivity contribution is -0.252. The third-order valence-corrected chi connectivity index (χ3v) is 6.30. The molecular weight excluding hydrogens is 424 g/mol. The van der Waals surface area contributed by atoms with Gasteiger partial charge in [0.25, 0.3) is 0 Å². The Hall–Kier alpha value is -2.80. The molecule has 1 aliphatic heterocycles. The van der Waals surface area contributed by atoms with Crippen molar-refractivity contribution in [2.24, 2.45) is 5.73 Å². The van der Waals surface area contributed by atoms with Crippen LogP contribution in [0.1, 0.15) is 41.1 Å². The molecule has 3 unspecified atom stereocenters. The van der Waals surface area contributed by atoms with Gasteiger partial charge in [0.15, 0.2) is 6.29 Å². The second kappa shape index (κ2) is 11.6. The van der Waals surface area contributed by atoms with Crippen LogP contribution in [0.3, 0.4) is 0 Å². The van der Waals surface area contributed by atoms with Crippen molar-refractivity contribution in [1.82, 2.24) is 4.90 Å². The molecule has 5 nitrogen and oxygen atoms in total. The fraction of sp³-hybridized carbons (Fsp3) is 0.310. The van der Waals surface area contributed by atoms with Gasteiger partial charge in [-0.3, -0.25) is 0 Å². The molecule has 0 aromatic heterocycles. The summed E-state index contributed by atoms with van der Waals surface area (Å²) >= 11 is 0. The SMILES string of the molecule is C=CCN(C)CC1CC(c2ccc(CO)cc2)OC(c2ccc(-c3ccccc3CN)cc2)O1. The van der Waals surface area contributed by atoms with Gasteiger partial charge in [-0.05, 0) is 34.9 Å². The number of benzene rings is 3. The van der Waals surface area contributed by atoms with E-state index in [0.717, 1.165) is 52.9 Å². The molecule has 3 N–H and O–H groups in total. The predicted molar refractivity (Wildman–Crippen MR) is 136 cm³/mol. The van der Waals surface area contributed by atoms with E-state index in [4.69, 9.17) is 15.2 Å². The smallest absolute Gasteiger partial charge is 0.184 e. The van der Waals surface area contributed by atoms with Gasteiger partial charge in [-0.1, -0.05) is 78.9 Å². The van der Waals surface area contributed by atoms with Crippen LogP contribution < -0.4 is 5.73 Å². The van der Waals surface area contributed by atoms with Gasteiger partial charge >= 0.3 is 0 Å². The average molecular weight is 459 g/mol. The summed E-state index contributed by atoms with van der Waals surface area (Å²) in [5, 5.41) is 9.39. The van der Waals surface area contributed by atoms with Gasteiger partial charge in [-0.25, -0.2) is 0 Å². The van der Waals surface area contributed by atoms with Crippen molar-refractivity contribution >= 4 is 0 Å². The van der Waals surface area contributed by atoms with Crippen molar-refractivity contribution in [1.29, 1.82) is 0 Å². The molecule has 1 aliphatic rings. The molecule has 3 aromatic rings. The Bertz CT molecular complexity index is 1070. The number of likely N-dealkylation sites (N-methyl/N-ethyl adjacent to an activating group) is 1. The zero-order chi connectivity index (χ0) is 23.9. The number of hydrogen-bond donors (Lipinski definition) is 2. The Balaban J connectivity index is 1.57. The van der Waals surface area contributed by atoms with Gasteiger partial charge in [-0.2, -0.15) is 0 Å². The first-order valence-corrected chi connectivity index (χ1v) is 11.8. The maximum Gasteiger partial charge on any atom is 0.184 e. The first-order chi connectivity index (χ1) is 16.6. The van der Waals surface area contributed by atoms with Crippen molar-refractivity contribution < 1.29 is 14.6 Å². The molecule has 0 radical (unpaired) electrons. The molecule has 0 bridgehead atoms. The molecular formula is C29H34N2O3. The predicted octanol–water partition coefficient (Wildman–Crippen LogP) is 4.97. The summed E-state index contributed by atoms with van der Waals surface area (Å²) < 4.78 is 12.9. The molecule has 0 aliphatic carbocycles. The number of nitrogens with two attached hydrogens (primary N) is 1. The van der Waals surface area contributed by atoms with Crippen molar-refractivity contribution in [2.45, 2.75) is 38.1 Å². The largest absolute Gasteiger partial charge is 0.392 e. The molecule has 0 saturated carbocycles. The van der Waals surface area contributed by atoms with Crippen LogP contribution in [0.4, 0.5) is 0 Å². The average Bonchev–Trinajstić information content (AvgIpc) is 2.88. The Morgan fingerprint density at radius 2 is 1.71 bits per heavy atom. The minimum atomic E-state index is -0.461. The van der Waals surface area contributed by atoms with Gasteiger partial charge in [0.1, 0.15) is 0 Å². The topological polar surface area (TPSA) is 68.0 Å². The van der Waals surface area contributed by atoms with Gasteiger partial charge in [-0.15, -0.1) is 6.58 Å². The third-order valence-electron chi connectivity index (χ3n) is 6.30. The summed E-state index contributed by atoms with van der Waals surface area (Å²) in [5.74, 6) is 0. The Labute approximate surface area is 202 Å². The van der Waals surface area contributed by atoms with Gasteiger partial charge < -0.3 is 25.2 Å². The van der Waals surface area contributed by atoms with Gasteiger partial charge in [0.05, 0.1) is 18.8 Å². The van der Waals surface area contributed by atoms with Crippen molar-refractivity contribution in [3.63, 3.8) is 0 Å². The van der Waals surface area contributed by atoms with Crippen molar-refractivity contribution in [3.05, 3.63) is 108 Å². The number of aliphatic hydroxyl groups is 1. The van der Waals surface area contributed by atoms with E-state index in [1.165, 1.54) is 0 Å². The summed E-state index contributed by atoms with van der Waals surface area (Å²) in [6.45, 7) is 5.98. The maximum atomic E-state index is 9.39. The van der Waals surface area contributed by atoms with Crippen LogP contribution in [0.25, 0.3) is 11.1 Å². The molecule has 0 spiro atoms. The summed E-state index contributed by atoms with van der Waals surface area (Å²) in [5.41, 5.74) is 12.3. The van der Waals surface area contributed by atoms with E-state index in [1.54, 1.807) is 0 Å². The highest BCUT2D eigenvalue weighted by Crippen LogP contribution is 2.38. The Morgan fingerprint density at radius 1 is 1.00 bits per heavy atom. The molecule has 3 aromatic carbocycles. The fourth-order valence-corrected chi connectivity index (χ4v) is 4.48. The zero-order valence-corrected chi connectivity index (χ0v) is 19.8. The molecule has 1 fully saturated rings. The summed E-state index contributed by atoms with van der Waals surface area (Å²) in [6, 6.07) is 24.6. The molecule has 0 amide bonds.